The Balaban J connectivity index is 1.67. The topological polar surface area (TPSA) is 61.7 Å². The molecular formula is C28H22N2O2S. The van der Waals surface area contributed by atoms with Crippen LogP contribution in [0.2, 0.25) is 0 Å². The first-order valence-electron chi connectivity index (χ1n) is 10.7. The average Bonchev–Trinajstić information content (AvgIpc) is 3.14. The molecule has 5 heteroatoms. The minimum Gasteiger partial charge on any atom is -0.506 e. The Hall–Kier alpha value is -3.96. The summed E-state index contributed by atoms with van der Waals surface area (Å²) in [5.74, 6) is -0.466. The van der Waals surface area contributed by atoms with E-state index < -0.39 is 5.92 Å². The zero-order chi connectivity index (χ0) is 22.8. The number of benzene rings is 3. The van der Waals surface area contributed by atoms with Crippen LogP contribution in [-0.4, -0.2) is 11.0 Å². The number of hydrogen-bond donors (Lipinski definition) is 2. The highest BCUT2D eigenvalue weighted by molar-refractivity contribution is 7.07. The Morgan fingerprint density at radius 2 is 1.55 bits per heavy atom. The van der Waals surface area contributed by atoms with Crippen LogP contribution in [0.3, 0.4) is 0 Å². The molecule has 1 atom stereocenters. The first-order valence-corrected chi connectivity index (χ1v) is 11.5. The molecule has 0 bridgehead atoms. The molecule has 3 aromatic carbocycles. The monoisotopic (exact) mass is 450 g/mol. The van der Waals surface area contributed by atoms with Gasteiger partial charge in [0.25, 0.3) is 5.91 Å². The van der Waals surface area contributed by atoms with E-state index in [4.69, 9.17) is 4.99 Å². The van der Waals surface area contributed by atoms with Crippen molar-refractivity contribution in [2.45, 2.75) is 12.8 Å². The van der Waals surface area contributed by atoms with Crippen molar-refractivity contribution in [3.8, 4) is 5.75 Å². The fourth-order valence-electron chi connectivity index (χ4n) is 4.14. The second-order valence-electron chi connectivity index (χ2n) is 7.86. The van der Waals surface area contributed by atoms with Gasteiger partial charge in [-0.2, -0.15) is 0 Å². The number of aromatic hydroxyl groups is 1. The van der Waals surface area contributed by atoms with Gasteiger partial charge >= 0.3 is 0 Å². The number of nitrogens with one attached hydrogen (secondary N) is 1. The number of amides is 1. The second-order valence-corrected chi connectivity index (χ2v) is 8.89. The van der Waals surface area contributed by atoms with Crippen LogP contribution < -0.4 is 14.5 Å². The molecule has 0 spiro atoms. The lowest BCUT2D eigenvalue weighted by molar-refractivity contribution is -0.113. The summed E-state index contributed by atoms with van der Waals surface area (Å²) in [6.07, 6.45) is 1.95. The maximum Gasteiger partial charge on any atom is 0.254 e. The van der Waals surface area contributed by atoms with E-state index >= 15 is 0 Å². The maximum absolute atomic E-state index is 13.5. The molecule has 2 N–H and O–H groups in total. The Morgan fingerprint density at radius 1 is 0.939 bits per heavy atom. The molecule has 4 aromatic rings. The highest BCUT2D eigenvalue weighted by Crippen LogP contribution is 2.39. The summed E-state index contributed by atoms with van der Waals surface area (Å²) in [5.41, 5.74) is 4.51. The number of anilines is 1. The van der Waals surface area contributed by atoms with Crippen LogP contribution in [0.25, 0.3) is 6.08 Å². The highest BCUT2D eigenvalue weighted by Gasteiger charge is 2.34. The van der Waals surface area contributed by atoms with Gasteiger partial charge in [-0.1, -0.05) is 78.9 Å². The van der Waals surface area contributed by atoms with E-state index in [1.165, 1.54) is 11.3 Å². The molecule has 4 nitrogen and oxygen atoms in total. The summed E-state index contributed by atoms with van der Waals surface area (Å²) in [4.78, 5) is 18.2. The van der Waals surface area contributed by atoms with Crippen molar-refractivity contribution in [1.82, 2.24) is 0 Å². The number of allylic oxidation sites excluding steroid dienone is 1. The molecular weight excluding hydrogens is 428 g/mol. The maximum atomic E-state index is 13.5. The third-order valence-corrected chi connectivity index (χ3v) is 6.70. The molecule has 1 aliphatic heterocycles. The number of thiophene rings is 1. The molecule has 0 aliphatic carbocycles. The molecule has 1 aliphatic rings. The largest absolute Gasteiger partial charge is 0.506 e. The number of nitrogens with zero attached hydrogens (tertiary/aromatic N) is 1. The number of carbonyl (C=O) groups excluding carboxylic acids is 1. The van der Waals surface area contributed by atoms with Gasteiger partial charge in [-0.3, -0.25) is 4.79 Å². The SMILES string of the molecule is CC1=C(C(=O)Nc2ccccc2)C(c2ccccc2)c2c(O)c(=Cc3ccccc3)sc2=N1. The quantitative estimate of drug-likeness (QED) is 0.462. The van der Waals surface area contributed by atoms with Crippen molar-refractivity contribution in [1.29, 1.82) is 0 Å². The molecule has 1 amide bonds. The summed E-state index contributed by atoms with van der Waals surface area (Å²) < 4.78 is 1.46. The van der Waals surface area contributed by atoms with Crippen LogP contribution in [0.5, 0.6) is 5.75 Å². The smallest absolute Gasteiger partial charge is 0.254 e. The lowest BCUT2D eigenvalue weighted by Crippen LogP contribution is -2.26. The Morgan fingerprint density at radius 3 is 2.21 bits per heavy atom. The number of carbonyl (C=O) groups is 1. The summed E-state index contributed by atoms with van der Waals surface area (Å²) >= 11 is 1.44. The van der Waals surface area contributed by atoms with E-state index in [1.807, 2.05) is 104 Å². The molecule has 2 heterocycles. The van der Waals surface area contributed by atoms with Gasteiger partial charge in [-0.05, 0) is 36.3 Å². The molecule has 162 valence electrons. The Kier molecular flexibility index (Phi) is 5.63. The zero-order valence-electron chi connectivity index (χ0n) is 18.0. The summed E-state index contributed by atoms with van der Waals surface area (Å²) in [7, 11) is 0. The highest BCUT2D eigenvalue weighted by atomic mass is 32.1. The number of para-hydroxylation sites is 1. The van der Waals surface area contributed by atoms with Crippen LogP contribution in [0.1, 0.15) is 29.5 Å². The van der Waals surface area contributed by atoms with Crippen LogP contribution in [0.4, 0.5) is 5.69 Å². The summed E-state index contributed by atoms with van der Waals surface area (Å²) in [6, 6.07) is 29.1. The predicted octanol–water partition coefficient (Wildman–Crippen LogP) is 4.96. The third-order valence-electron chi connectivity index (χ3n) is 5.67. The van der Waals surface area contributed by atoms with Crippen LogP contribution >= 0.6 is 11.3 Å². The molecule has 1 unspecified atom stereocenters. The van der Waals surface area contributed by atoms with Gasteiger partial charge in [-0.25, -0.2) is 4.99 Å². The van der Waals surface area contributed by atoms with Crippen LogP contribution in [0, 0.1) is 0 Å². The standard InChI is InChI=1S/C28H22N2O2S/c1-18-23(27(32)30-21-15-9-4-10-16-21)24(20-13-7-3-8-14-20)25-26(31)22(33-28(25)29-18)17-19-11-5-2-6-12-19/h2-17,24,31H,1H3,(H,30,32). The van der Waals surface area contributed by atoms with Crippen molar-refractivity contribution in [3.05, 3.63) is 128 Å². The van der Waals surface area contributed by atoms with Crippen LogP contribution in [-0.2, 0) is 4.79 Å². The Labute approximate surface area is 195 Å². The Bertz CT molecular complexity index is 1460. The normalized spacial score (nSPS) is 15.7. The molecule has 0 fully saturated rings. The van der Waals surface area contributed by atoms with Crippen molar-refractivity contribution < 1.29 is 9.90 Å². The fourth-order valence-corrected chi connectivity index (χ4v) is 5.26. The average molecular weight is 451 g/mol. The first-order chi connectivity index (χ1) is 16.1. The number of hydrogen-bond acceptors (Lipinski definition) is 4. The van der Waals surface area contributed by atoms with Crippen molar-refractivity contribution in [2.75, 3.05) is 5.32 Å². The zero-order valence-corrected chi connectivity index (χ0v) is 18.8. The minimum absolute atomic E-state index is 0.175. The van der Waals surface area contributed by atoms with Gasteiger partial charge in [0.1, 0.15) is 10.4 Å². The van der Waals surface area contributed by atoms with Crippen molar-refractivity contribution in [3.63, 3.8) is 0 Å². The van der Waals surface area contributed by atoms with Crippen LogP contribution in [0.15, 0.2) is 107 Å². The van der Waals surface area contributed by atoms with E-state index in [1.54, 1.807) is 0 Å². The van der Waals surface area contributed by atoms with Gasteiger partial charge in [-0.15, -0.1) is 11.3 Å². The first kappa shape index (κ1) is 20.9. The van der Waals surface area contributed by atoms with E-state index in [-0.39, 0.29) is 11.7 Å². The summed E-state index contributed by atoms with van der Waals surface area (Å²) in [6.45, 7) is 1.86. The molecule has 0 radical (unpaired) electrons. The van der Waals surface area contributed by atoms with E-state index in [9.17, 15) is 9.90 Å². The minimum atomic E-state index is -0.420. The fraction of sp³-hybridized carbons (Fsp3) is 0.0714. The van der Waals surface area contributed by atoms with Gasteiger partial charge in [0, 0.05) is 22.9 Å². The second kappa shape index (κ2) is 8.88. The molecule has 0 saturated carbocycles. The number of rotatable bonds is 4. The van der Waals surface area contributed by atoms with E-state index in [2.05, 4.69) is 5.32 Å². The van der Waals surface area contributed by atoms with E-state index in [0.717, 1.165) is 20.3 Å². The van der Waals surface area contributed by atoms with Gasteiger partial charge in [0.15, 0.2) is 0 Å². The van der Waals surface area contributed by atoms with Crippen molar-refractivity contribution >= 4 is 29.0 Å². The van der Waals surface area contributed by atoms with Crippen molar-refractivity contribution in [2.24, 2.45) is 4.99 Å². The molecule has 0 saturated heterocycles. The van der Waals surface area contributed by atoms with Gasteiger partial charge in [0.2, 0.25) is 0 Å². The number of fused-ring (bicyclic) bond motifs is 1. The summed E-state index contributed by atoms with van der Waals surface area (Å²) in [5, 5.41) is 14.3. The third kappa shape index (κ3) is 4.11. The lowest BCUT2D eigenvalue weighted by atomic mass is 9.83. The van der Waals surface area contributed by atoms with E-state index in [0.29, 0.717) is 22.5 Å². The van der Waals surface area contributed by atoms with Gasteiger partial charge < -0.3 is 10.4 Å². The molecule has 33 heavy (non-hydrogen) atoms. The predicted molar refractivity (Wildman–Crippen MR) is 133 cm³/mol. The lowest BCUT2D eigenvalue weighted by Gasteiger charge is -2.24. The van der Waals surface area contributed by atoms with Gasteiger partial charge in [0.05, 0.1) is 10.1 Å². The molecule has 5 rings (SSSR count). The molecule has 1 aromatic heterocycles.